The Morgan fingerprint density at radius 1 is 1.22 bits per heavy atom. The van der Waals surface area contributed by atoms with Gasteiger partial charge in [-0.1, -0.05) is 24.8 Å². The average Bonchev–Trinajstić information content (AvgIpc) is 3.02. The van der Waals surface area contributed by atoms with Crippen LogP contribution in [0.1, 0.15) is 12.5 Å². The van der Waals surface area contributed by atoms with E-state index in [-0.39, 0.29) is 10.9 Å². The molecule has 0 saturated heterocycles. The minimum absolute atomic E-state index is 0.00131. The van der Waals surface area contributed by atoms with Gasteiger partial charge in [-0.15, -0.1) is 0 Å². The first-order valence-electron chi connectivity index (χ1n) is 7.99. The van der Waals surface area contributed by atoms with Crippen molar-refractivity contribution in [2.24, 2.45) is 4.99 Å². The second-order valence-electron chi connectivity index (χ2n) is 5.87. The van der Waals surface area contributed by atoms with E-state index in [0.717, 1.165) is 12.1 Å². The van der Waals surface area contributed by atoms with Gasteiger partial charge in [0.2, 0.25) is 0 Å². The van der Waals surface area contributed by atoms with E-state index in [1.165, 1.54) is 53.1 Å². The number of rotatable bonds is 2. The first-order valence-corrected chi connectivity index (χ1v) is 8.87. The van der Waals surface area contributed by atoms with Crippen molar-refractivity contribution in [2.75, 3.05) is 16.8 Å². The maximum absolute atomic E-state index is 13.2. The molecule has 27 heavy (non-hydrogen) atoms. The molecule has 0 aliphatic carbocycles. The van der Waals surface area contributed by atoms with Crippen molar-refractivity contribution in [3.05, 3.63) is 59.9 Å². The van der Waals surface area contributed by atoms with Gasteiger partial charge in [0.1, 0.15) is 5.82 Å². The molecule has 1 aliphatic rings. The van der Waals surface area contributed by atoms with Gasteiger partial charge < -0.3 is 5.32 Å². The smallest absolute Gasteiger partial charge is 0.307 e. The lowest BCUT2D eigenvalue weighted by atomic mass is 10.2. The number of alkyl halides is 3. The SMILES string of the molecule is CC1CN=C(N(C(=O)Nc2cccc(C(F)(F)F)c2)c2ccc(F)cc2)S1. The maximum atomic E-state index is 13.2. The van der Waals surface area contributed by atoms with Gasteiger partial charge in [-0.2, -0.15) is 13.2 Å². The van der Waals surface area contributed by atoms with E-state index in [9.17, 15) is 22.4 Å². The van der Waals surface area contributed by atoms with Crippen LogP contribution in [0.2, 0.25) is 0 Å². The number of amidine groups is 1. The summed E-state index contributed by atoms with van der Waals surface area (Å²) in [5.74, 6) is -0.466. The topological polar surface area (TPSA) is 44.7 Å². The van der Waals surface area contributed by atoms with Gasteiger partial charge >= 0.3 is 12.2 Å². The predicted octanol–water partition coefficient (Wildman–Crippen LogP) is 5.37. The Balaban J connectivity index is 1.89. The number of carbonyl (C=O) groups is 1. The van der Waals surface area contributed by atoms with Crippen LogP contribution in [0.4, 0.5) is 33.7 Å². The number of thioether (sulfide) groups is 1. The number of nitrogens with one attached hydrogen (secondary N) is 1. The molecule has 0 spiro atoms. The van der Waals surface area contributed by atoms with Crippen LogP contribution in [0.3, 0.4) is 0 Å². The number of anilines is 2. The van der Waals surface area contributed by atoms with Crippen LogP contribution < -0.4 is 10.2 Å². The highest BCUT2D eigenvalue weighted by atomic mass is 32.2. The van der Waals surface area contributed by atoms with Crippen LogP contribution in [0, 0.1) is 5.82 Å². The van der Waals surface area contributed by atoms with Crippen LogP contribution >= 0.6 is 11.8 Å². The molecule has 2 amide bonds. The lowest BCUT2D eigenvalue weighted by molar-refractivity contribution is -0.137. The normalized spacial score (nSPS) is 16.8. The van der Waals surface area contributed by atoms with E-state index in [1.807, 2.05) is 6.92 Å². The maximum Gasteiger partial charge on any atom is 0.416 e. The van der Waals surface area contributed by atoms with Gasteiger partial charge in [-0.05, 0) is 42.5 Å². The monoisotopic (exact) mass is 397 g/mol. The number of nitrogens with zero attached hydrogens (tertiary/aromatic N) is 2. The predicted molar refractivity (Wildman–Crippen MR) is 98.7 cm³/mol. The standard InChI is InChI=1S/C18H15F4N3OS/c1-11-10-23-17(27-11)25(15-7-5-13(19)6-8-15)16(26)24-14-4-2-3-12(9-14)18(20,21)22/h2-9,11H,10H2,1H3,(H,24,26). The zero-order valence-electron chi connectivity index (χ0n) is 14.1. The number of carbonyl (C=O) groups excluding carboxylic acids is 1. The van der Waals surface area contributed by atoms with Crippen molar-refractivity contribution in [3.63, 3.8) is 0 Å². The Morgan fingerprint density at radius 2 is 1.93 bits per heavy atom. The van der Waals surface area contributed by atoms with Gasteiger partial charge in [0.15, 0.2) is 5.17 Å². The van der Waals surface area contributed by atoms with Gasteiger partial charge in [0.05, 0.1) is 17.8 Å². The van der Waals surface area contributed by atoms with E-state index < -0.39 is 23.6 Å². The first kappa shape index (κ1) is 19.2. The van der Waals surface area contributed by atoms with E-state index in [2.05, 4.69) is 10.3 Å². The molecule has 1 atom stereocenters. The summed E-state index contributed by atoms with van der Waals surface area (Å²) in [6.07, 6.45) is -4.52. The molecule has 142 valence electrons. The molecule has 1 unspecified atom stereocenters. The number of hydrogen-bond donors (Lipinski definition) is 1. The van der Waals surface area contributed by atoms with Gasteiger partial charge in [-0.25, -0.2) is 14.1 Å². The number of urea groups is 1. The molecule has 0 fully saturated rings. The quantitative estimate of drug-likeness (QED) is 0.692. The Hall–Kier alpha value is -2.55. The summed E-state index contributed by atoms with van der Waals surface area (Å²) in [5, 5.41) is 3.02. The number of amides is 2. The molecule has 1 aliphatic heterocycles. The second-order valence-corrected chi connectivity index (χ2v) is 7.28. The molecule has 0 radical (unpaired) electrons. The Kier molecular flexibility index (Phi) is 5.41. The van der Waals surface area contributed by atoms with Gasteiger partial charge in [0, 0.05) is 10.9 Å². The number of hydrogen-bond acceptors (Lipinski definition) is 3. The molecule has 3 rings (SSSR count). The minimum atomic E-state index is -4.52. The lowest BCUT2D eigenvalue weighted by Crippen LogP contribution is -2.38. The van der Waals surface area contributed by atoms with Crippen LogP contribution in [-0.2, 0) is 6.18 Å². The highest BCUT2D eigenvalue weighted by Gasteiger charge is 2.31. The summed E-state index contributed by atoms with van der Waals surface area (Å²) in [6.45, 7) is 2.45. The second kappa shape index (κ2) is 7.59. The third-order valence-corrected chi connectivity index (χ3v) is 4.78. The summed E-state index contributed by atoms with van der Waals surface area (Å²) < 4.78 is 51.9. The fraction of sp³-hybridized carbons (Fsp3) is 0.222. The summed E-state index contributed by atoms with van der Waals surface area (Å²) in [5.41, 5.74) is -0.505. The number of aliphatic imine (C=N–C) groups is 1. The third kappa shape index (κ3) is 4.60. The van der Waals surface area contributed by atoms with E-state index in [4.69, 9.17) is 0 Å². The van der Waals surface area contributed by atoms with Crippen molar-refractivity contribution >= 4 is 34.3 Å². The number of halogens is 4. The highest BCUT2D eigenvalue weighted by Crippen LogP contribution is 2.31. The summed E-state index contributed by atoms with van der Waals surface area (Å²) >= 11 is 1.36. The van der Waals surface area contributed by atoms with Crippen molar-refractivity contribution in [1.82, 2.24) is 0 Å². The van der Waals surface area contributed by atoms with Gasteiger partial charge in [0.25, 0.3) is 0 Å². The summed E-state index contributed by atoms with van der Waals surface area (Å²) in [7, 11) is 0. The summed E-state index contributed by atoms with van der Waals surface area (Å²) in [6, 6.07) is 8.89. The zero-order chi connectivity index (χ0) is 19.6. The lowest BCUT2D eigenvalue weighted by Gasteiger charge is -2.23. The molecular weight excluding hydrogens is 382 g/mol. The van der Waals surface area contributed by atoms with Crippen molar-refractivity contribution in [2.45, 2.75) is 18.3 Å². The fourth-order valence-corrected chi connectivity index (χ4v) is 3.39. The van der Waals surface area contributed by atoms with Crippen LogP contribution in [0.5, 0.6) is 0 Å². The zero-order valence-corrected chi connectivity index (χ0v) is 14.9. The fourth-order valence-electron chi connectivity index (χ4n) is 2.44. The molecule has 2 aromatic rings. The Bertz CT molecular complexity index is 868. The van der Waals surface area contributed by atoms with Gasteiger partial charge in [-0.3, -0.25) is 4.99 Å². The van der Waals surface area contributed by atoms with Crippen LogP contribution in [0.25, 0.3) is 0 Å². The molecule has 4 nitrogen and oxygen atoms in total. The molecule has 0 aromatic heterocycles. The minimum Gasteiger partial charge on any atom is -0.307 e. The molecule has 0 bridgehead atoms. The highest BCUT2D eigenvalue weighted by molar-refractivity contribution is 8.15. The molecule has 1 N–H and O–H groups in total. The van der Waals surface area contributed by atoms with Crippen molar-refractivity contribution in [1.29, 1.82) is 0 Å². The Morgan fingerprint density at radius 3 is 2.52 bits per heavy atom. The van der Waals surface area contributed by atoms with Crippen molar-refractivity contribution in [3.8, 4) is 0 Å². The molecule has 0 saturated carbocycles. The van der Waals surface area contributed by atoms with E-state index in [0.29, 0.717) is 17.4 Å². The van der Waals surface area contributed by atoms with E-state index >= 15 is 0 Å². The molecule has 2 aromatic carbocycles. The Labute approximate surface area is 157 Å². The first-order chi connectivity index (χ1) is 12.7. The third-order valence-electron chi connectivity index (χ3n) is 3.71. The van der Waals surface area contributed by atoms with Crippen LogP contribution in [-0.4, -0.2) is 23.0 Å². The average molecular weight is 397 g/mol. The number of benzene rings is 2. The van der Waals surface area contributed by atoms with Crippen molar-refractivity contribution < 1.29 is 22.4 Å². The van der Waals surface area contributed by atoms with E-state index in [1.54, 1.807) is 0 Å². The van der Waals surface area contributed by atoms with Crippen LogP contribution in [0.15, 0.2) is 53.5 Å². The molecular formula is C18H15F4N3OS. The molecule has 9 heteroatoms. The largest absolute Gasteiger partial charge is 0.416 e. The summed E-state index contributed by atoms with van der Waals surface area (Å²) in [4.78, 5) is 18.3. The molecule has 1 heterocycles.